The molecule has 6 nitrogen and oxygen atoms in total. The van der Waals surface area contributed by atoms with Crippen molar-refractivity contribution in [3.63, 3.8) is 0 Å². The van der Waals surface area contributed by atoms with Crippen molar-refractivity contribution in [2.45, 2.75) is 38.3 Å². The van der Waals surface area contributed by atoms with E-state index in [1.165, 1.54) is 0 Å². The highest BCUT2D eigenvalue weighted by atomic mass is 16.5. The van der Waals surface area contributed by atoms with Crippen LogP contribution in [0.1, 0.15) is 25.8 Å². The number of hydrogen-bond donors (Lipinski definition) is 3. The third-order valence-electron chi connectivity index (χ3n) is 3.25. The summed E-state index contributed by atoms with van der Waals surface area (Å²) in [5.41, 5.74) is 0.339. The fourth-order valence-corrected chi connectivity index (χ4v) is 2.35. The predicted molar refractivity (Wildman–Crippen MR) is 77.4 cm³/mol. The number of para-hydroxylation sites is 1. The van der Waals surface area contributed by atoms with Crippen LogP contribution in [0.4, 0.5) is 4.79 Å². The summed E-state index contributed by atoms with van der Waals surface area (Å²) in [7, 11) is 0. The largest absolute Gasteiger partial charge is 0.488 e. The van der Waals surface area contributed by atoms with E-state index in [9.17, 15) is 9.59 Å². The number of rotatable bonds is 5. The molecule has 1 aliphatic heterocycles. The van der Waals surface area contributed by atoms with E-state index in [2.05, 4.69) is 10.6 Å². The van der Waals surface area contributed by atoms with Gasteiger partial charge in [0.15, 0.2) is 0 Å². The zero-order valence-corrected chi connectivity index (χ0v) is 12.2. The Kier molecular flexibility index (Phi) is 4.35. The number of hydrogen-bond acceptors (Lipinski definition) is 3. The molecule has 0 spiro atoms. The standard InChI is InChI=1S/C15H20N2O4/c1-15(2,8-13(18)19)17-14(20)16-9-11-7-10-5-3-4-6-12(10)21-11/h3-6,11H,7-9H2,1-2H3,(H,18,19)(H2,16,17,20). The van der Waals surface area contributed by atoms with Gasteiger partial charge in [-0.05, 0) is 25.5 Å². The number of carboxylic acid groups (broad SMARTS) is 1. The summed E-state index contributed by atoms with van der Waals surface area (Å²) in [4.78, 5) is 22.5. The van der Waals surface area contributed by atoms with Crippen molar-refractivity contribution in [2.75, 3.05) is 6.54 Å². The number of nitrogens with one attached hydrogen (secondary N) is 2. The Hall–Kier alpha value is -2.24. The molecule has 2 rings (SSSR count). The number of carboxylic acids is 1. The van der Waals surface area contributed by atoms with Crippen molar-refractivity contribution in [1.29, 1.82) is 0 Å². The summed E-state index contributed by atoms with van der Waals surface area (Å²) in [6.45, 7) is 3.72. The minimum atomic E-state index is -0.949. The average molecular weight is 292 g/mol. The van der Waals surface area contributed by atoms with Gasteiger partial charge in [0.05, 0.1) is 13.0 Å². The Bertz CT molecular complexity index is 517. The van der Waals surface area contributed by atoms with Crippen LogP contribution >= 0.6 is 0 Å². The molecule has 1 atom stereocenters. The maximum absolute atomic E-state index is 11.8. The summed E-state index contributed by atoms with van der Waals surface area (Å²) >= 11 is 0. The number of urea groups is 1. The summed E-state index contributed by atoms with van der Waals surface area (Å²) in [6, 6.07) is 7.40. The second-order valence-corrected chi connectivity index (χ2v) is 5.84. The predicted octanol–water partition coefficient (Wildman–Crippen LogP) is 1.54. The number of aliphatic carboxylic acids is 1. The van der Waals surface area contributed by atoms with Crippen molar-refractivity contribution in [2.24, 2.45) is 0 Å². The van der Waals surface area contributed by atoms with Gasteiger partial charge in [-0.25, -0.2) is 4.79 Å². The van der Waals surface area contributed by atoms with Gasteiger partial charge in [0, 0.05) is 12.0 Å². The highest BCUT2D eigenvalue weighted by Crippen LogP contribution is 2.27. The number of amides is 2. The molecule has 1 aliphatic rings. The van der Waals surface area contributed by atoms with Crippen LogP contribution in [0.25, 0.3) is 0 Å². The van der Waals surface area contributed by atoms with Crippen molar-refractivity contribution >= 4 is 12.0 Å². The van der Waals surface area contributed by atoms with Crippen LogP contribution in [-0.2, 0) is 11.2 Å². The maximum Gasteiger partial charge on any atom is 0.315 e. The highest BCUT2D eigenvalue weighted by Gasteiger charge is 2.26. The molecule has 0 saturated carbocycles. The minimum Gasteiger partial charge on any atom is -0.488 e. The molecule has 0 fully saturated rings. The first-order valence-electron chi connectivity index (χ1n) is 6.88. The van der Waals surface area contributed by atoms with Crippen molar-refractivity contribution in [3.05, 3.63) is 29.8 Å². The highest BCUT2D eigenvalue weighted by molar-refractivity contribution is 5.76. The molecule has 3 N–H and O–H groups in total. The average Bonchev–Trinajstić information content (AvgIpc) is 2.76. The smallest absolute Gasteiger partial charge is 0.315 e. The number of benzene rings is 1. The van der Waals surface area contributed by atoms with Crippen molar-refractivity contribution in [3.8, 4) is 5.75 Å². The fraction of sp³-hybridized carbons (Fsp3) is 0.467. The van der Waals surface area contributed by atoms with E-state index in [4.69, 9.17) is 9.84 Å². The second kappa shape index (κ2) is 6.03. The number of fused-ring (bicyclic) bond motifs is 1. The van der Waals surface area contributed by atoms with Gasteiger partial charge in [-0.1, -0.05) is 18.2 Å². The van der Waals surface area contributed by atoms with Crippen LogP contribution in [-0.4, -0.2) is 35.3 Å². The summed E-state index contributed by atoms with van der Waals surface area (Å²) < 4.78 is 5.72. The zero-order valence-electron chi connectivity index (χ0n) is 12.2. The van der Waals surface area contributed by atoms with Gasteiger partial charge in [-0.15, -0.1) is 0 Å². The van der Waals surface area contributed by atoms with E-state index in [0.29, 0.717) is 6.54 Å². The molecule has 0 radical (unpaired) electrons. The van der Waals surface area contributed by atoms with Gasteiger partial charge >= 0.3 is 12.0 Å². The van der Waals surface area contributed by atoms with Gasteiger partial charge in [0.25, 0.3) is 0 Å². The van der Waals surface area contributed by atoms with Gasteiger partial charge in [0.2, 0.25) is 0 Å². The first-order valence-corrected chi connectivity index (χ1v) is 6.88. The lowest BCUT2D eigenvalue weighted by Crippen LogP contribution is -2.51. The molecule has 1 heterocycles. The normalized spacial score (nSPS) is 16.8. The molecular formula is C15H20N2O4. The van der Waals surface area contributed by atoms with Crippen LogP contribution in [0.3, 0.4) is 0 Å². The molecule has 6 heteroatoms. The zero-order chi connectivity index (χ0) is 15.5. The Morgan fingerprint density at radius 3 is 2.76 bits per heavy atom. The Balaban J connectivity index is 1.77. The first kappa shape index (κ1) is 15.2. The van der Waals surface area contributed by atoms with Crippen LogP contribution in [0.15, 0.2) is 24.3 Å². The molecule has 114 valence electrons. The van der Waals surface area contributed by atoms with E-state index >= 15 is 0 Å². The molecule has 0 aromatic heterocycles. The van der Waals surface area contributed by atoms with Crippen LogP contribution in [0, 0.1) is 0 Å². The molecule has 0 saturated heterocycles. The molecule has 0 bridgehead atoms. The Labute approximate surface area is 123 Å². The molecule has 2 amide bonds. The van der Waals surface area contributed by atoms with E-state index in [-0.39, 0.29) is 18.6 Å². The number of carbonyl (C=O) groups is 2. The number of carbonyl (C=O) groups excluding carboxylic acids is 1. The lowest BCUT2D eigenvalue weighted by Gasteiger charge is -2.24. The Morgan fingerprint density at radius 2 is 2.10 bits per heavy atom. The molecule has 21 heavy (non-hydrogen) atoms. The van der Waals surface area contributed by atoms with Gasteiger partial charge in [-0.3, -0.25) is 4.79 Å². The summed E-state index contributed by atoms with van der Waals surface area (Å²) in [5.74, 6) is -0.0919. The molecule has 1 unspecified atom stereocenters. The van der Waals surface area contributed by atoms with Gasteiger partial charge < -0.3 is 20.5 Å². The summed E-state index contributed by atoms with van der Waals surface area (Å²) in [6.07, 6.45) is 0.538. The van der Waals surface area contributed by atoms with Crippen molar-refractivity contribution < 1.29 is 19.4 Å². The first-order chi connectivity index (χ1) is 9.85. The van der Waals surface area contributed by atoms with Crippen LogP contribution in [0.5, 0.6) is 5.75 Å². The quantitative estimate of drug-likeness (QED) is 0.768. The molecule has 1 aromatic carbocycles. The minimum absolute atomic E-state index is 0.0873. The van der Waals surface area contributed by atoms with Gasteiger partial charge in [0.1, 0.15) is 11.9 Å². The third kappa shape index (κ3) is 4.37. The summed E-state index contributed by atoms with van der Waals surface area (Å²) in [5, 5.41) is 14.1. The van der Waals surface area contributed by atoms with Crippen molar-refractivity contribution in [1.82, 2.24) is 10.6 Å². The third-order valence-corrected chi connectivity index (χ3v) is 3.25. The maximum atomic E-state index is 11.8. The van der Waals surface area contributed by atoms with Gasteiger partial charge in [-0.2, -0.15) is 0 Å². The van der Waals surface area contributed by atoms with E-state index in [1.54, 1.807) is 13.8 Å². The topological polar surface area (TPSA) is 87.7 Å². The molecule has 1 aromatic rings. The fourth-order valence-electron chi connectivity index (χ4n) is 2.35. The lowest BCUT2D eigenvalue weighted by molar-refractivity contribution is -0.138. The molecule has 0 aliphatic carbocycles. The molecular weight excluding hydrogens is 272 g/mol. The Morgan fingerprint density at radius 1 is 1.38 bits per heavy atom. The van der Waals surface area contributed by atoms with Crippen LogP contribution < -0.4 is 15.4 Å². The monoisotopic (exact) mass is 292 g/mol. The van der Waals surface area contributed by atoms with E-state index < -0.39 is 11.5 Å². The van der Waals surface area contributed by atoms with Crippen LogP contribution in [0.2, 0.25) is 0 Å². The lowest BCUT2D eigenvalue weighted by atomic mass is 10.0. The van der Waals surface area contributed by atoms with E-state index in [0.717, 1.165) is 17.7 Å². The van der Waals surface area contributed by atoms with E-state index in [1.807, 2.05) is 24.3 Å². The number of ether oxygens (including phenoxy) is 1. The SMILES string of the molecule is CC(C)(CC(=O)O)NC(=O)NCC1Cc2ccccc2O1. The second-order valence-electron chi connectivity index (χ2n) is 5.84.